The third-order valence-electron chi connectivity index (χ3n) is 6.89. The molecule has 7 heteroatoms. The van der Waals surface area contributed by atoms with Gasteiger partial charge in [-0.15, -0.1) is 0 Å². The van der Waals surface area contributed by atoms with E-state index in [0.29, 0.717) is 42.4 Å². The van der Waals surface area contributed by atoms with E-state index in [1.165, 1.54) is 18.2 Å². The molecule has 3 nitrogen and oxygen atoms in total. The highest BCUT2D eigenvalue weighted by Gasteiger charge is 2.27. The fourth-order valence-electron chi connectivity index (χ4n) is 4.78. The monoisotopic (exact) mass is 502 g/mol. The first-order valence-electron chi connectivity index (χ1n) is 12.3. The van der Waals surface area contributed by atoms with E-state index in [2.05, 4.69) is 0 Å². The fourth-order valence-corrected chi connectivity index (χ4v) is 4.78. The Morgan fingerprint density at radius 2 is 1.39 bits per heavy atom. The van der Waals surface area contributed by atoms with Crippen LogP contribution in [0.1, 0.15) is 62.7 Å². The van der Waals surface area contributed by atoms with Gasteiger partial charge in [0, 0.05) is 5.56 Å². The van der Waals surface area contributed by atoms with Crippen molar-refractivity contribution in [2.75, 3.05) is 13.2 Å². The van der Waals surface area contributed by atoms with Crippen molar-refractivity contribution in [1.29, 1.82) is 0 Å². The predicted octanol–water partition coefficient (Wildman–Crippen LogP) is 7.71. The van der Waals surface area contributed by atoms with E-state index in [1.54, 1.807) is 44.2 Å². The van der Waals surface area contributed by atoms with Crippen molar-refractivity contribution in [1.82, 2.24) is 0 Å². The van der Waals surface area contributed by atoms with Gasteiger partial charge in [0.05, 0.1) is 19.3 Å². The Balaban J connectivity index is 1.36. The van der Waals surface area contributed by atoms with Crippen LogP contribution in [0.4, 0.5) is 17.6 Å². The lowest BCUT2D eigenvalue weighted by Gasteiger charge is -2.29. The minimum atomic E-state index is -1.05. The van der Waals surface area contributed by atoms with Gasteiger partial charge in [-0.25, -0.2) is 8.78 Å². The predicted molar refractivity (Wildman–Crippen MR) is 130 cm³/mol. The molecule has 1 unspecified atom stereocenters. The first-order valence-corrected chi connectivity index (χ1v) is 12.3. The van der Waals surface area contributed by atoms with E-state index in [4.69, 9.17) is 9.47 Å². The molecule has 1 aliphatic rings. The molecule has 1 saturated carbocycles. The van der Waals surface area contributed by atoms with E-state index in [0.717, 1.165) is 0 Å². The van der Waals surface area contributed by atoms with Gasteiger partial charge < -0.3 is 14.6 Å². The van der Waals surface area contributed by atoms with Crippen LogP contribution >= 0.6 is 0 Å². The second-order valence-corrected chi connectivity index (χ2v) is 9.28. The van der Waals surface area contributed by atoms with Gasteiger partial charge in [0.1, 0.15) is 0 Å². The van der Waals surface area contributed by atoms with Gasteiger partial charge in [-0.2, -0.15) is 8.78 Å². The van der Waals surface area contributed by atoms with Gasteiger partial charge in [-0.3, -0.25) is 0 Å². The standard InChI is InChI=1S/C29H30F4O3/c1-3-35-24-14-12-22(26(30)28(24)32)20-6-4-18(5-7-20)16-36-25-15-13-23(27(31)29(25)33)21-10-8-19(9-11-21)17(2)34/h8-15,17-18,20,34H,3-7,16H2,1-2H3. The molecule has 3 aromatic carbocycles. The molecule has 0 radical (unpaired) electrons. The summed E-state index contributed by atoms with van der Waals surface area (Å²) in [5, 5.41) is 9.62. The Hall–Kier alpha value is -3.06. The number of hydrogen-bond donors (Lipinski definition) is 1. The number of ether oxygens (including phenoxy) is 2. The Bertz CT molecular complexity index is 1190. The topological polar surface area (TPSA) is 38.7 Å². The second kappa shape index (κ2) is 11.3. The van der Waals surface area contributed by atoms with Gasteiger partial charge in [-0.05, 0) is 86.3 Å². The largest absolute Gasteiger partial charge is 0.491 e. The lowest BCUT2D eigenvalue weighted by Crippen LogP contribution is -2.20. The van der Waals surface area contributed by atoms with Crippen molar-refractivity contribution < 1.29 is 32.1 Å². The molecular weight excluding hydrogens is 472 g/mol. The maximum atomic E-state index is 14.8. The van der Waals surface area contributed by atoms with Crippen LogP contribution in [0.15, 0.2) is 48.5 Å². The van der Waals surface area contributed by atoms with Crippen LogP contribution in [0, 0.1) is 29.2 Å². The van der Waals surface area contributed by atoms with E-state index in [-0.39, 0.29) is 42.1 Å². The van der Waals surface area contributed by atoms with Crippen LogP contribution in [-0.4, -0.2) is 18.3 Å². The highest BCUT2D eigenvalue weighted by Crippen LogP contribution is 2.39. The number of hydrogen-bond acceptors (Lipinski definition) is 3. The molecule has 1 atom stereocenters. The van der Waals surface area contributed by atoms with Crippen LogP contribution < -0.4 is 9.47 Å². The van der Waals surface area contributed by atoms with Crippen LogP contribution in [0.25, 0.3) is 11.1 Å². The SMILES string of the molecule is CCOc1ccc(C2CCC(COc3ccc(-c4ccc(C(C)O)cc4)c(F)c3F)CC2)c(F)c1F. The summed E-state index contributed by atoms with van der Waals surface area (Å²) in [6.45, 7) is 3.81. The summed E-state index contributed by atoms with van der Waals surface area (Å²) in [6.07, 6.45) is 2.06. The molecule has 1 fully saturated rings. The van der Waals surface area contributed by atoms with Crippen LogP contribution in [0.2, 0.25) is 0 Å². The summed E-state index contributed by atoms with van der Waals surface area (Å²) < 4.78 is 69.1. The van der Waals surface area contributed by atoms with E-state index in [9.17, 15) is 22.7 Å². The van der Waals surface area contributed by atoms with Crippen molar-refractivity contribution in [3.8, 4) is 22.6 Å². The lowest BCUT2D eigenvalue weighted by molar-refractivity contribution is 0.191. The van der Waals surface area contributed by atoms with Gasteiger partial charge >= 0.3 is 0 Å². The average molecular weight is 503 g/mol. The molecule has 0 saturated heterocycles. The van der Waals surface area contributed by atoms with Crippen molar-refractivity contribution >= 4 is 0 Å². The minimum absolute atomic E-state index is 0.0853. The molecule has 0 amide bonds. The van der Waals surface area contributed by atoms with Crippen LogP contribution in [-0.2, 0) is 0 Å². The van der Waals surface area contributed by atoms with Crippen molar-refractivity contribution in [3.05, 3.63) is 82.9 Å². The average Bonchev–Trinajstić information content (AvgIpc) is 2.88. The summed E-state index contributed by atoms with van der Waals surface area (Å²) in [4.78, 5) is 0. The molecule has 0 aromatic heterocycles. The van der Waals surface area contributed by atoms with E-state index < -0.39 is 29.4 Å². The molecule has 0 spiro atoms. The van der Waals surface area contributed by atoms with Crippen LogP contribution in [0.3, 0.4) is 0 Å². The van der Waals surface area contributed by atoms with Crippen LogP contribution in [0.5, 0.6) is 11.5 Å². The maximum absolute atomic E-state index is 14.8. The molecule has 1 N–H and O–H groups in total. The molecule has 0 heterocycles. The van der Waals surface area contributed by atoms with Crippen molar-refractivity contribution in [2.24, 2.45) is 5.92 Å². The zero-order valence-electron chi connectivity index (χ0n) is 20.4. The Labute approximate surface area is 208 Å². The lowest BCUT2D eigenvalue weighted by atomic mass is 9.79. The normalized spacial score (nSPS) is 18.6. The molecule has 1 aliphatic carbocycles. The van der Waals surface area contributed by atoms with Gasteiger partial charge in [0.25, 0.3) is 0 Å². The Morgan fingerprint density at radius 3 is 2.03 bits per heavy atom. The molecule has 36 heavy (non-hydrogen) atoms. The Morgan fingerprint density at radius 1 is 0.778 bits per heavy atom. The number of aliphatic hydroxyl groups excluding tert-OH is 1. The van der Waals surface area contributed by atoms with Crippen molar-refractivity contribution in [3.63, 3.8) is 0 Å². The first kappa shape index (κ1) is 26.0. The third kappa shape index (κ3) is 5.51. The summed E-state index contributed by atoms with van der Waals surface area (Å²) in [5.41, 5.74) is 1.64. The molecule has 4 rings (SSSR count). The van der Waals surface area contributed by atoms with Crippen molar-refractivity contribution in [2.45, 2.75) is 51.6 Å². The zero-order chi connectivity index (χ0) is 25.8. The molecule has 0 aliphatic heterocycles. The summed E-state index contributed by atoms with van der Waals surface area (Å²) in [7, 11) is 0. The molecule has 3 aromatic rings. The zero-order valence-corrected chi connectivity index (χ0v) is 20.4. The van der Waals surface area contributed by atoms with E-state index in [1.807, 2.05) is 0 Å². The second-order valence-electron chi connectivity index (χ2n) is 9.28. The van der Waals surface area contributed by atoms with E-state index >= 15 is 0 Å². The fraction of sp³-hybridized carbons (Fsp3) is 0.379. The maximum Gasteiger partial charge on any atom is 0.201 e. The minimum Gasteiger partial charge on any atom is -0.491 e. The highest BCUT2D eigenvalue weighted by molar-refractivity contribution is 5.65. The molecule has 192 valence electrons. The summed E-state index contributed by atoms with van der Waals surface area (Å²) in [6, 6.07) is 12.6. The number of rotatable bonds is 8. The summed E-state index contributed by atoms with van der Waals surface area (Å²) >= 11 is 0. The smallest absolute Gasteiger partial charge is 0.201 e. The first-order chi connectivity index (χ1) is 17.3. The summed E-state index contributed by atoms with van der Waals surface area (Å²) in [5.74, 6) is -4.11. The number of aliphatic hydroxyl groups is 1. The van der Waals surface area contributed by atoms with Gasteiger partial charge in [0.2, 0.25) is 11.6 Å². The molecule has 0 bridgehead atoms. The Kier molecular flexibility index (Phi) is 8.19. The van der Waals surface area contributed by atoms with Gasteiger partial charge in [0.15, 0.2) is 23.1 Å². The van der Waals surface area contributed by atoms with Gasteiger partial charge in [-0.1, -0.05) is 30.3 Å². The third-order valence-corrected chi connectivity index (χ3v) is 6.89. The number of benzene rings is 3. The molecular formula is C29H30F4O3. The number of halogens is 4. The quantitative estimate of drug-likeness (QED) is 0.321. The highest BCUT2D eigenvalue weighted by atomic mass is 19.2.